The number of nitrogens with zero attached hydrogens (tertiary/aromatic N) is 3. The summed E-state index contributed by atoms with van der Waals surface area (Å²) in [5.74, 6) is 1.20. The van der Waals surface area contributed by atoms with Gasteiger partial charge in [-0.05, 0) is 35.9 Å². The van der Waals surface area contributed by atoms with Gasteiger partial charge in [0.05, 0.1) is 12.6 Å². The van der Waals surface area contributed by atoms with E-state index in [-0.39, 0.29) is 0 Å². The highest BCUT2D eigenvalue weighted by Crippen LogP contribution is 2.27. The van der Waals surface area contributed by atoms with Crippen molar-refractivity contribution in [2.24, 2.45) is 10.1 Å². The molecule has 5 heteroatoms. The van der Waals surface area contributed by atoms with Crippen molar-refractivity contribution in [2.45, 2.75) is 0 Å². The summed E-state index contributed by atoms with van der Waals surface area (Å²) >= 11 is 0. The number of methoxy groups -OCH3 is 1. The van der Waals surface area contributed by atoms with E-state index in [9.17, 15) is 0 Å². The summed E-state index contributed by atoms with van der Waals surface area (Å²) in [4.78, 5) is 9.49. The van der Waals surface area contributed by atoms with Crippen molar-refractivity contribution in [2.75, 3.05) is 7.11 Å². The highest BCUT2D eigenvalue weighted by Gasteiger charge is 2.08. The highest BCUT2D eigenvalue weighted by atomic mass is 16.5. The van der Waals surface area contributed by atoms with Crippen LogP contribution in [-0.4, -0.2) is 24.1 Å². The normalized spacial score (nSPS) is 12.0. The second kappa shape index (κ2) is 9.98. The number of rotatable bonds is 6. The number of aromatic nitrogens is 1. The maximum Gasteiger partial charge on any atom is 0.173 e. The largest absolute Gasteiger partial charge is 0.494 e. The first-order valence-electron chi connectivity index (χ1n) is 9.92. The van der Waals surface area contributed by atoms with Gasteiger partial charge in [-0.15, -0.1) is 0 Å². The van der Waals surface area contributed by atoms with Crippen LogP contribution in [0.2, 0.25) is 0 Å². The zero-order chi connectivity index (χ0) is 21.3. The van der Waals surface area contributed by atoms with Gasteiger partial charge in [0, 0.05) is 11.6 Å². The van der Waals surface area contributed by atoms with Gasteiger partial charge in [0.25, 0.3) is 0 Å². The van der Waals surface area contributed by atoms with E-state index in [4.69, 9.17) is 14.7 Å². The quantitative estimate of drug-likeness (QED) is 0.257. The van der Waals surface area contributed by atoms with E-state index >= 15 is 0 Å². The molecule has 0 atom stereocenters. The van der Waals surface area contributed by atoms with Crippen LogP contribution < -0.4 is 10.2 Å². The Hall–Kier alpha value is -4.25. The molecule has 1 aromatic heterocycles. The summed E-state index contributed by atoms with van der Waals surface area (Å²) < 4.78 is 5.44. The van der Waals surface area contributed by atoms with Crippen LogP contribution in [0.25, 0.3) is 17.0 Å². The number of amidine groups is 1. The van der Waals surface area contributed by atoms with Crippen LogP contribution in [0, 0.1) is 0 Å². The Morgan fingerprint density at radius 3 is 2.52 bits per heavy atom. The molecular weight excluding hydrogens is 384 g/mol. The summed E-state index contributed by atoms with van der Waals surface area (Å²) in [6.07, 6.45) is 5.54. The van der Waals surface area contributed by atoms with Crippen molar-refractivity contribution >= 4 is 34.7 Å². The molecule has 1 N–H and O–H groups in total. The number of fused-ring (bicyclic) bond motifs is 1. The predicted octanol–water partition coefficient (Wildman–Crippen LogP) is 5.61. The summed E-state index contributed by atoms with van der Waals surface area (Å²) in [6.45, 7) is 0. The Morgan fingerprint density at radius 2 is 1.65 bits per heavy atom. The van der Waals surface area contributed by atoms with Crippen LogP contribution in [-0.2, 0) is 0 Å². The predicted molar refractivity (Wildman–Crippen MR) is 128 cm³/mol. The number of para-hydroxylation sites is 3. The number of benzene rings is 3. The number of hydrogen-bond acceptors (Lipinski definition) is 4. The van der Waals surface area contributed by atoms with Crippen molar-refractivity contribution in [3.8, 4) is 5.75 Å². The lowest BCUT2D eigenvalue weighted by Crippen LogP contribution is -2.20. The molecular formula is C26H22N4O. The fraction of sp³-hybridized carbons (Fsp3) is 0.0385. The lowest BCUT2D eigenvalue weighted by atomic mass is 10.2. The molecule has 0 fully saturated rings. The molecule has 0 aliphatic heterocycles. The zero-order valence-corrected chi connectivity index (χ0v) is 17.1. The molecule has 0 saturated carbocycles. The second-order valence-corrected chi connectivity index (χ2v) is 6.68. The fourth-order valence-corrected chi connectivity index (χ4v) is 3.04. The van der Waals surface area contributed by atoms with Gasteiger partial charge in [0.15, 0.2) is 5.84 Å². The van der Waals surface area contributed by atoms with Crippen molar-refractivity contribution in [1.82, 2.24) is 10.4 Å². The van der Waals surface area contributed by atoms with Gasteiger partial charge in [0.2, 0.25) is 0 Å². The number of aliphatic imine (C=N–C) groups is 1. The summed E-state index contributed by atoms with van der Waals surface area (Å²) in [5, 5.41) is 5.39. The van der Waals surface area contributed by atoms with E-state index in [1.165, 1.54) is 0 Å². The number of ether oxygens (including phenoxy) is 1. The Bertz CT molecular complexity index is 1250. The van der Waals surface area contributed by atoms with Crippen molar-refractivity contribution < 1.29 is 4.74 Å². The molecule has 0 amide bonds. The number of allylic oxidation sites excluding steroid dienone is 1. The Morgan fingerprint density at radius 1 is 0.871 bits per heavy atom. The summed E-state index contributed by atoms with van der Waals surface area (Å²) in [7, 11) is 1.63. The smallest absolute Gasteiger partial charge is 0.173 e. The maximum absolute atomic E-state index is 5.44. The van der Waals surface area contributed by atoms with Crippen molar-refractivity contribution in [1.29, 1.82) is 0 Å². The molecule has 1 heterocycles. The van der Waals surface area contributed by atoms with Gasteiger partial charge < -0.3 is 4.74 Å². The van der Waals surface area contributed by atoms with E-state index in [1.807, 2.05) is 103 Å². The maximum atomic E-state index is 5.44. The van der Waals surface area contributed by atoms with E-state index in [2.05, 4.69) is 10.5 Å². The Balaban J connectivity index is 1.64. The lowest BCUT2D eigenvalue weighted by Gasteiger charge is -2.09. The van der Waals surface area contributed by atoms with Gasteiger partial charge in [0.1, 0.15) is 17.1 Å². The molecule has 0 aliphatic carbocycles. The molecule has 152 valence electrons. The average Bonchev–Trinajstić information content (AvgIpc) is 2.83. The highest BCUT2D eigenvalue weighted by molar-refractivity contribution is 6.01. The van der Waals surface area contributed by atoms with Crippen LogP contribution >= 0.6 is 0 Å². The first-order valence-corrected chi connectivity index (χ1v) is 9.92. The lowest BCUT2D eigenvalue weighted by molar-refractivity contribution is 0.416. The number of hydrazone groups is 1. The second-order valence-electron chi connectivity index (χ2n) is 6.68. The van der Waals surface area contributed by atoms with E-state index < -0.39 is 0 Å². The first kappa shape index (κ1) is 20.0. The topological polar surface area (TPSA) is 58.9 Å². The van der Waals surface area contributed by atoms with Gasteiger partial charge in [-0.2, -0.15) is 5.10 Å². The molecule has 0 unspecified atom stereocenters. The van der Waals surface area contributed by atoms with Crippen LogP contribution in [0.4, 0.5) is 5.69 Å². The van der Waals surface area contributed by atoms with Gasteiger partial charge >= 0.3 is 0 Å². The number of hydrogen-bond donors (Lipinski definition) is 1. The van der Waals surface area contributed by atoms with Crippen LogP contribution in [0.15, 0.2) is 107 Å². The van der Waals surface area contributed by atoms with E-state index in [1.54, 1.807) is 13.3 Å². The molecule has 0 saturated heterocycles. The Kier molecular flexibility index (Phi) is 6.45. The molecule has 0 radical (unpaired) electrons. The first-order chi connectivity index (χ1) is 15.3. The van der Waals surface area contributed by atoms with Crippen LogP contribution in [0.3, 0.4) is 0 Å². The zero-order valence-electron chi connectivity index (χ0n) is 17.1. The van der Waals surface area contributed by atoms with Crippen molar-refractivity contribution in [3.05, 3.63) is 108 Å². The fourth-order valence-electron chi connectivity index (χ4n) is 3.04. The van der Waals surface area contributed by atoms with E-state index in [0.717, 1.165) is 16.5 Å². The molecule has 5 nitrogen and oxygen atoms in total. The third-order valence-corrected chi connectivity index (χ3v) is 4.58. The minimum absolute atomic E-state index is 0.527. The summed E-state index contributed by atoms with van der Waals surface area (Å²) in [5.41, 5.74) is 6.41. The third kappa shape index (κ3) is 5.22. The molecule has 4 rings (SSSR count). The molecule has 31 heavy (non-hydrogen) atoms. The molecule has 3 aromatic carbocycles. The SMILES string of the molecule is COc1ccccc1N=C(NN=CC=Cc1ccccc1)c1ccc2ccccc2n1. The van der Waals surface area contributed by atoms with Gasteiger partial charge in [-0.3, -0.25) is 5.43 Å². The Labute approximate surface area is 181 Å². The minimum atomic E-state index is 0.527. The van der Waals surface area contributed by atoms with Crippen LogP contribution in [0.5, 0.6) is 5.75 Å². The van der Waals surface area contributed by atoms with Gasteiger partial charge in [-0.1, -0.05) is 72.8 Å². The number of pyridine rings is 1. The van der Waals surface area contributed by atoms with Crippen molar-refractivity contribution in [3.63, 3.8) is 0 Å². The number of nitrogens with one attached hydrogen (secondary N) is 1. The third-order valence-electron chi connectivity index (χ3n) is 4.58. The monoisotopic (exact) mass is 406 g/mol. The van der Waals surface area contributed by atoms with Gasteiger partial charge in [-0.25, -0.2) is 9.98 Å². The molecule has 0 aliphatic rings. The molecule has 4 aromatic rings. The molecule has 0 bridgehead atoms. The van der Waals surface area contributed by atoms with Crippen LogP contribution in [0.1, 0.15) is 11.3 Å². The van der Waals surface area contributed by atoms with E-state index in [0.29, 0.717) is 23.0 Å². The minimum Gasteiger partial charge on any atom is -0.494 e. The average molecular weight is 406 g/mol. The standard InChI is InChI=1S/C26H22N4O/c1-31-25-16-8-7-15-23(25)29-26(24-18-17-21-13-5-6-14-22(21)28-24)30-27-19-9-12-20-10-3-2-4-11-20/h2-19H,1H3,(H,29,30). The molecule has 0 spiro atoms. The summed E-state index contributed by atoms with van der Waals surface area (Å²) in [6, 6.07) is 29.6.